The molecule has 24 heavy (non-hydrogen) atoms. The molecule has 0 heterocycles. The van der Waals surface area contributed by atoms with E-state index in [4.69, 9.17) is 10.00 Å². The molecule has 0 spiro atoms. The van der Waals surface area contributed by atoms with Gasteiger partial charge in [0.05, 0.1) is 35.4 Å². The van der Waals surface area contributed by atoms with Gasteiger partial charge in [-0.3, -0.25) is 14.9 Å². The molecule has 2 rings (SSSR count). The standard InChI is InChI=1S/C16H12N4O4/c1-24-15-7-6-13(20(22)23)8-14(15)16(21)19-18-10-12-4-2-11(9-17)3-5-12/h2-8,10H,1H3,(H,19,21)/b18-10-. The first-order valence-electron chi connectivity index (χ1n) is 6.71. The number of nitrogens with one attached hydrogen (secondary N) is 1. The number of nitro benzene ring substituents is 1. The smallest absolute Gasteiger partial charge is 0.275 e. The van der Waals surface area contributed by atoms with E-state index in [-0.39, 0.29) is 17.0 Å². The number of carbonyl (C=O) groups is 1. The maximum atomic E-state index is 12.1. The number of methoxy groups -OCH3 is 1. The number of non-ortho nitro benzene ring substituents is 1. The summed E-state index contributed by atoms with van der Waals surface area (Å²) in [6, 6.07) is 12.3. The molecule has 0 aliphatic rings. The molecule has 0 unspecified atom stereocenters. The van der Waals surface area contributed by atoms with Crippen LogP contribution >= 0.6 is 0 Å². The average molecular weight is 324 g/mol. The Bertz CT molecular complexity index is 838. The Labute approximate surface area is 137 Å². The second-order valence-electron chi connectivity index (χ2n) is 4.57. The number of hydrogen-bond acceptors (Lipinski definition) is 6. The van der Waals surface area contributed by atoms with E-state index < -0.39 is 10.8 Å². The summed E-state index contributed by atoms with van der Waals surface area (Å²) in [6.45, 7) is 0. The summed E-state index contributed by atoms with van der Waals surface area (Å²) in [4.78, 5) is 22.3. The molecule has 0 bridgehead atoms. The van der Waals surface area contributed by atoms with Gasteiger partial charge < -0.3 is 4.74 Å². The normalized spacial score (nSPS) is 10.2. The van der Waals surface area contributed by atoms with Gasteiger partial charge >= 0.3 is 0 Å². The SMILES string of the molecule is COc1ccc([N+](=O)[O-])cc1C(=O)N/N=C\c1ccc(C#N)cc1. The van der Waals surface area contributed by atoms with Crippen molar-refractivity contribution in [2.75, 3.05) is 7.11 Å². The first-order valence-corrected chi connectivity index (χ1v) is 6.71. The molecule has 0 radical (unpaired) electrons. The number of rotatable bonds is 5. The quantitative estimate of drug-likeness (QED) is 0.514. The van der Waals surface area contributed by atoms with Crippen molar-refractivity contribution in [3.63, 3.8) is 0 Å². The average Bonchev–Trinajstić information content (AvgIpc) is 2.61. The maximum Gasteiger partial charge on any atom is 0.275 e. The van der Waals surface area contributed by atoms with Crippen LogP contribution in [0.3, 0.4) is 0 Å². The van der Waals surface area contributed by atoms with Crippen LogP contribution < -0.4 is 10.2 Å². The van der Waals surface area contributed by atoms with Crippen LogP contribution in [0.1, 0.15) is 21.5 Å². The van der Waals surface area contributed by atoms with Gasteiger partial charge in [0.25, 0.3) is 11.6 Å². The highest BCUT2D eigenvalue weighted by atomic mass is 16.6. The Balaban J connectivity index is 2.14. The Morgan fingerprint density at radius 3 is 2.62 bits per heavy atom. The minimum atomic E-state index is -0.638. The molecule has 0 atom stereocenters. The topological polar surface area (TPSA) is 118 Å². The summed E-state index contributed by atoms with van der Waals surface area (Å²) in [6.07, 6.45) is 1.39. The van der Waals surface area contributed by atoms with Gasteiger partial charge in [-0.2, -0.15) is 10.4 Å². The van der Waals surface area contributed by atoms with Gasteiger partial charge in [-0.05, 0) is 23.8 Å². The number of nitrogens with zero attached hydrogens (tertiary/aromatic N) is 3. The molecule has 8 nitrogen and oxygen atoms in total. The van der Waals surface area contributed by atoms with Crippen molar-refractivity contribution in [3.05, 3.63) is 69.3 Å². The fraction of sp³-hybridized carbons (Fsp3) is 0.0625. The summed E-state index contributed by atoms with van der Waals surface area (Å²) >= 11 is 0. The lowest BCUT2D eigenvalue weighted by Gasteiger charge is -2.06. The van der Waals surface area contributed by atoms with Crippen LogP contribution in [0.25, 0.3) is 0 Å². The predicted molar refractivity (Wildman–Crippen MR) is 85.9 cm³/mol. The molecule has 0 fully saturated rings. The van der Waals surface area contributed by atoms with Gasteiger partial charge in [-0.25, -0.2) is 5.43 Å². The van der Waals surface area contributed by atoms with Crippen LogP contribution in [0.4, 0.5) is 5.69 Å². The third-order valence-corrected chi connectivity index (χ3v) is 3.06. The number of benzene rings is 2. The van der Waals surface area contributed by atoms with Crippen LogP contribution in [-0.2, 0) is 0 Å². The van der Waals surface area contributed by atoms with Gasteiger partial charge in [-0.1, -0.05) is 12.1 Å². The van der Waals surface area contributed by atoms with E-state index in [0.717, 1.165) is 6.07 Å². The molecular weight excluding hydrogens is 312 g/mol. The van der Waals surface area contributed by atoms with E-state index in [9.17, 15) is 14.9 Å². The minimum Gasteiger partial charge on any atom is -0.496 e. The molecule has 0 aliphatic heterocycles. The summed E-state index contributed by atoms with van der Waals surface area (Å²) in [5.41, 5.74) is 3.25. The third-order valence-electron chi connectivity index (χ3n) is 3.06. The highest BCUT2D eigenvalue weighted by molar-refractivity contribution is 5.98. The number of nitriles is 1. The van der Waals surface area contributed by atoms with Crippen LogP contribution in [0.5, 0.6) is 5.75 Å². The second kappa shape index (κ2) is 7.51. The number of amides is 1. The lowest BCUT2D eigenvalue weighted by atomic mass is 10.1. The van der Waals surface area contributed by atoms with E-state index in [1.807, 2.05) is 6.07 Å². The number of hydrazone groups is 1. The van der Waals surface area contributed by atoms with Crippen molar-refractivity contribution in [1.29, 1.82) is 5.26 Å². The predicted octanol–water partition coefficient (Wildman–Crippen LogP) is 2.24. The lowest BCUT2D eigenvalue weighted by Crippen LogP contribution is -2.18. The maximum absolute atomic E-state index is 12.1. The van der Waals surface area contributed by atoms with Gasteiger partial charge in [0.1, 0.15) is 5.75 Å². The van der Waals surface area contributed by atoms with Gasteiger partial charge in [0, 0.05) is 12.1 Å². The Kier molecular flexibility index (Phi) is 5.20. The highest BCUT2D eigenvalue weighted by Gasteiger charge is 2.17. The zero-order chi connectivity index (χ0) is 17.5. The summed E-state index contributed by atoms with van der Waals surface area (Å²) < 4.78 is 5.03. The second-order valence-corrected chi connectivity index (χ2v) is 4.57. The molecule has 8 heteroatoms. The molecule has 0 saturated carbocycles. The number of hydrogen-bond donors (Lipinski definition) is 1. The molecule has 0 saturated heterocycles. The summed E-state index contributed by atoms with van der Waals surface area (Å²) in [5.74, 6) is -0.438. The van der Waals surface area contributed by atoms with E-state index >= 15 is 0 Å². The van der Waals surface area contributed by atoms with Crippen molar-refractivity contribution >= 4 is 17.8 Å². The van der Waals surface area contributed by atoms with E-state index in [2.05, 4.69) is 10.5 Å². The molecule has 120 valence electrons. The monoisotopic (exact) mass is 324 g/mol. The molecule has 2 aromatic carbocycles. The Morgan fingerprint density at radius 2 is 2.04 bits per heavy atom. The highest BCUT2D eigenvalue weighted by Crippen LogP contribution is 2.23. The number of ether oxygens (including phenoxy) is 1. The van der Waals surface area contributed by atoms with Gasteiger partial charge in [0.2, 0.25) is 0 Å². The van der Waals surface area contributed by atoms with Crippen molar-refractivity contribution in [1.82, 2.24) is 5.43 Å². The van der Waals surface area contributed by atoms with Gasteiger partial charge in [-0.15, -0.1) is 0 Å². The fourth-order valence-corrected chi connectivity index (χ4v) is 1.86. The molecule has 1 amide bonds. The Hall–Kier alpha value is -3.73. The van der Waals surface area contributed by atoms with Crippen molar-refractivity contribution in [2.24, 2.45) is 5.10 Å². The lowest BCUT2D eigenvalue weighted by molar-refractivity contribution is -0.384. The number of nitro groups is 1. The van der Waals surface area contributed by atoms with E-state index in [1.165, 1.54) is 25.5 Å². The van der Waals surface area contributed by atoms with Crippen LogP contribution in [0.15, 0.2) is 47.6 Å². The largest absolute Gasteiger partial charge is 0.496 e. The van der Waals surface area contributed by atoms with E-state index in [1.54, 1.807) is 24.3 Å². The molecule has 0 aliphatic carbocycles. The first kappa shape index (κ1) is 16.6. The molecule has 1 N–H and O–H groups in total. The zero-order valence-electron chi connectivity index (χ0n) is 12.6. The molecule has 0 aromatic heterocycles. The number of carbonyl (C=O) groups excluding carboxylic acids is 1. The van der Waals surface area contributed by atoms with Crippen molar-refractivity contribution in [3.8, 4) is 11.8 Å². The fourth-order valence-electron chi connectivity index (χ4n) is 1.86. The molecule has 2 aromatic rings. The third kappa shape index (κ3) is 3.92. The van der Waals surface area contributed by atoms with Crippen molar-refractivity contribution < 1.29 is 14.5 Å². The molecular formula is C16H12N4O4. The Morgan fingerprint density at radius 1 is 1.33 bits per heavy atom. The van der Waals surface area contributed by atoms with Crippen LogP contribution in [0, 0.1) is 21.4 Å². The zero-order valence-corrected chi connectivity index (χ0v) is 12.6. The van der Waals surface area contributed by atoms with Gasteiger partial charge in [0.15, 0.2) is 0 Å². The minimum absolute atomic E-state index is 0.00341. The summed E-state index contributed by atoms with van der Waals surface area (Å²) in [7, 11) is 1.36. The van der Waals surface area contributed by atoms with E-state index in [0.29, 0.717) is 11.1 Å². The summed E-state index contributed by atoms with van der Waals surface area (Å²) in [5, 5.41) is 23.3. The first-order chi connectivity index (χ1) is 11.5. The van der Waals surface area contributed by atoms with Crippen molar-refractivity contribution in [2.45, 2.75) is 0 Å². The van der Waals surface area contributed by atoms with Crippen LogP contribution in [-0.4, -0.2) is 24.2 Å². The van der Waals surface area contributed by atoms with Crippen LogP contribution in [0.2, 0.25) is 0 Å².